The predicted molar refractivity (Wildman–Crippen MR) is 87.7 cm³/mol. The molecule has 0 aliphatic heterocycles. The van der Waals surface area contributed by atoms with Gasteiger partial charge in [-0.15, -0.1) is 0 Å². The number of oxime groups is 1. The third-order valence-electron chi connectivity index (χ3n) is 3.31. The summed E-state index contributed by atoms with van der Waals surface area (Å²) < 4.78 is 119. The minimum absolute atomic E-state index is 0.458. The topological polar surface area (TPSA) is 62.7 Å². The lowest BCUT2D eigenvalue weighted by molar-refractivity contribution is -0.388. The van der Waals surface area contributed by atoms with Crippen molar-refractivity contribution in [3.8, 4) is 0 Å². The van der Waals surface area contributed by atoms with Gasteiger partial charge in [0, 0.05) is 5.92 Å². The zero-order valence-corrected chi connectivity index (χ0v) is 15.7. The van der Waals surface area contributed by atoms with Gasteiger partial charge in [0.25, 0.3) is 0 Å². The van der Waals surface area contributed by atoms with Gasteiger partial charge in [-0.2, -0.15) is 39.5 Å². The van der Waals surface area contributed by atoms with Crippen molar-refractivity contribution in [3.63, 3.8) is 0 Å². The molecule has 1 rings (SSSR count). The lowest BCUT2D eigenvalue weighted by Crippen LogP contribution is -2.69. The predicted octanol–water partition coefficient (Wildman–Crippen LogP) is 5.87. The average Bonchev–Trinajstić information content (AvgIpc) is 2.55. The van der Waals surface area contributed by atoms with Gasteiger partial charge in [0.2, 0.25) is 0 Å². The Bertz CT molecular complexity index is 775. The molecule has 0 aliphatic carbocycles. The molecule has 0 aliphatic rings. The Morgan fingerprint density at radius 2 is 1.50 bits per heavy atom. The maximum Gasteiger partial charge on any atom is 0.461 e. The van der Waals surface area contributed by atoms with Crippen LogP contribution < -0.4 is 10.6 Å². The molecule has 0 fully saturated rings. The second-order valence-electron chi connectivity index (χ2n) is 5.96. The normalized spacial score (nSPS) is 14.0. The van der Waals surface area contributed by atoms with Crippen LogP contribution in [0.4, 0.5) is 50.0 Å². The van der Waals surface area contributed by atoms with Crippen molar-refractivity contribution in [1.82, 2.24) is 5.32 Å². The van der Waals surface area contributed by atoms with E-state index in [1.165, 1.54) is 19.2 Å². The number of nitrogens with one attached hydrogen (secondary N) is 2. The highest BCUT2D eigenvalue weighted by Gasteiger charge is 2.76. The summed E-state index contributed by atoms with van der Waals surface area (Å²) in [7, 11) is 0. The molecule has 0 bridgehead atoms. The van der Waals surface area contributed by atoms with E-state index in [9.17, 15) is 44.3 Å². The molecular formula is C15H13ClF9N3O2. The van der Waals surface area contributed by atoms with Gasteiger partial charge < -0.3 is 10.2 Å². The van der Waals surface area contributed by atoms with E-state index >= 15 is 0 Å². The first-order valence-corrected chi connectivity index (χ1v) is 8.10. The highest BCUT2D eigenvalue weighted by molar-refractivity contribution is 6.65. The molecule has 0 unspecified atom stereocenters. The molecule has 0 heterocycles. The first-order chi connectivity index (χ1) is 13.4. The number of amides is 2. The van der Waals surface area contributed by atoms with Crippen molar-refractivity contribution < 1.29 is 49.1 Å². The van der Waals surface area contributed by atoms with Crippen molar-refractivity contribution in [2.75, 3.05) is 5.32 Å². The van der Waals surface area contributed by atoms with Gasteiger partial charge >= 0.3 is 30.3 Å². The Hall–Kier alpha value is -2.38. The second kappa shape index (κ2) is 8.78. The summed E-state index contributed by atoms with van der Waals surface area (Å²) in [5.74, 6) is -0.835. The summed E-state index contributed by atoms with van der Waals surface area (Å²) in [6.45, 7) is 2.54. The number of para-hydroxylation sites is 1. The number of alkyl halides is 9. The van der Waals surface area contributed by atoms with E-state index in [1.807, 2.05) is 0 Å². The number of carbonyl (C=O) groups is 1. The molecule has 170 valence electrons. The van der Waals surface area contributed by atoms with Crippen molar-refractivity contribution in [2.45, 2.75) is 38.1 Å². The number of carbonyl (C=O) groups excluding carboxylic acids is 1. The molecule has 0 atom stereocenters. The molecule has 0 spiro atoms. The van der Waals surface area contributed by atoms with E-state index < -0.39 is 52.6 Å². The Morgan fingerprint density at radius 1 is 1.00 bits per heavy atom. The van der Waals surface area contributed by atoms with Gasteiger partial charge in [0.15, 0.2) is 0 Å². The smallest absolute Gasteiger partial charge is 0.346 e. The maximum absolute atomic E-state index is 13.3. The fourth-order valence-corrected chi connectivity index (χ4v) is 1.83. The number of hydrogen-bond donors (Lipinski definition) is 2. The van der Waals surface area contributed by atoms with Crippen LogP contribution >= 0.6 is 11.6 Å². The second-order valence-corrected chi connectivity index (χ2v) is 6.35. The van der Waals surface area contributed by atoms with Gasteiger partial charge in [-0.05, 0) is 12.1 Å². The van der Waals surface area contributed by atoms with Crippen LogP contribution in [0.5, 0.6) is 0 Å². The standard InChI is InChI=1S/C15H13ClF9N3O2/c1-7(2)10(16)28-30-13(14(20,21)22,15(23,24)25)27-11(29)26-9-6-4-3-5-8(9)12(17,18)19/h3-7H,1-2H3,(H2,26,27,29)/b28-10-. The highest BCUT2D eigenvalue weighted by Crippen LogP contribution is 2.44. The molecule has 2 N–H and O–H groups in total. The first kappa shape index (κ1) is 25.7. The van der Waals surface area contributed by atoms with Crippen LogP contribution in [-0.4, -0.2) is 29.3 Å². The summed E-state index contributed by atoms with van der Waals surface area (Å²) in [4.78, 5) is 15.4. The third kappa shape index (κ3) is 5.83. The van der Waals surface area contributed by atoms with Crippen molar-refractivity contribution >= 4 is 28.5 Å². The largest absolute Gasteiger partial charge is 0.461 e. The minimum atomic E-state index is -6.33. The van der Waals surface area contributed by atoms with Crippen molar-refractivity contribution in [3.05, 3.63) is 29.8 Å². The first-order valence-electron chi connectivity index (χ1n) is 7.72. The monoisotopic (exact) mass is 473 g/mol. The van der Waals surface area contributed by atoms with Gasteiger partial charge in [-0.1, -0.05) is 42.7 Å². The number of halogens is 10. The molecule has 1 aromatic carbocycles. The third-order valence-corrected chi connectivity index (χ3v) is 3.82. The highest BCUT2D eigenvalue weighted by atomic mass is 35.5. The van der Waals surface area contributed by atoms with Crippen LogP contribution in [0, 0.1) is 5.92 Å². The van der Waals surface area contributed by atoms with Crippen molar-refractivity contribution in [1.29, 1.82) is 0 Å². The van der Waals surface area contributed by atoms with Gasteiger partial charge in [0.05, 0.1) is 11.3 Å². The van der Waals surface area contributed by atoms with Crippen LogP contribution in [0.15, 0.2) is 29.4 Å². The van der Waals surface area contributed by atoms with Crippen molar-refractivity contribution in [2.24, 2.45) is 11.1 Å². The number of nitrogens with zero attached hydrogens (tertiary/aromatic N) is 1. The molecule has 1 aromatic rings. The van der Waals surface area contributed by atoms with Crippen LogP contribution in [0.25, 0.3) is 0 Å². The molecule has 0 aromatic heterocycles. The summed E-state index contributed by atoms with van der Waals surface area (Å²) in [6.07, 6.45) is -17.7. The fraction of sp³-hybridized carbons (Fsp3) is 0.467. The zero-order chi connectivity index (χ0) is 23.5. The number of urea groups is 1. The van der Waals surface area contributed by atoms with Crippen LogP contribution in [0.2, 0.25) is 0 Å². The van der Waals surface area contributed by atoms with Gasteiger partial charge in [-0.25, -0.2) is 4.79 Å². The molecule has 0 saturated heterocycles. The Labute approximate surface area is 168 Å². The number of anilines is 1. The van der Waals surface area contributed by atoms with Crippen LogP contribution in [-0.2, 0) is 11.0 Å². The van der Waals surface area contributed by atoms with Crippen LogP contribution in [0.1, 0.15) is 19.4 Å². The van der Waals surface area contributed by atoms with E-state index in [1.54, 1.807) is 0 Å². The van der Waals surface area contributed by atoms with E-state index in [4.69, 9.17) is 11.6 Å². The SMILES string of the molecule is CC(C)/C(Cl)=N/OC(NC(=O)Nc1ccccc1C(F)(F)F)(C(F)(F)F)C(F)(F)F. The number of rotatable bonds is 5. The molecule has 5 nitrogen and oxygen atoms in total. The molecular weight excluding hydrogens is 461 g/mol. The quantitative estimate of drug-likeness (QED) is 0.243. The van der Waals surface area contributed by atoms with Gasteiger partial charge in [-0.3, -0.25) is 5.32 Å². The summed E-state index contributed by atoms with van der Waals surface area (Å²) in [5, 5.41) is 3.54. The summed E-state index contributed by atoms with van der Waals surface area (Å²) in [6, 6.07) is 0.652. The lowest BCUT2D eigenvalue weighted by Gasteiger charge is -2.35. The lowest BCUT2D eigenvalue weighted by atomic mass is 10.1. The van der Waals surface area contributed by atoms with E-state index in [-0.39, 0.29) is 0 Å². The Kier molecular flexibility index (Phi) is 7.51. The van der Waals surface area contributed by atoms with Crippen LogP contribution in [0.3, 0.4) is 0 Å². The molecule has 2 amide bonds. The summed E-state index contributed by atoms with van der Waals surface area (Å²) in [5.41, 5.74) is -8.00. The Morgan fingerprint density at radius 3 is 1.93 bits per heavy atom. The fourth-order valence-electron chi connectivity index (χ4n) is 1.80. The zero-order valence-electron chi connectivity index (χ0n) is 14.9. The average molecular weight is 474 g/mol. The maximum atomic E-state index is 13.3. The van der Waals surface area contributed by atoms with E-state index in [0.29, 0.717) is 17.4 Å². The van der Waals surface area contributed by atoms with E-state index in [2.05, 4.69) is 9.99 Å². The molecule has 30 heavy (non-hydrogen) atoms. The molecule has 0 saturated carbocycles. The summed E-state index contributed by atoms with van der Waals surface area (Å²) >= 11 is 5.40. The molecule has 0 radical (unpaired) electrons. The van der Waals surface area contributed by atoms with E-state index in [0.717, 1.165) is 12.1 Å². The van der Waals surface area contributed by atoms with Gasteiger partial charge in [0.1, 0.15) is 5.17 Å². The number of hydrogen-bond acceptors (Lipinski definition) is 3. The Balaban J connectivity index is 3.35. The molecule has 15 heteroatoms. The number of benzene rings is 1. The minimum Gasteiger partial charge on any atom is -0.346 e.